The van der Waals surface area contributed by atoms with E-state index >= 15 is 0 Å². The Morgan fingerprint density at radius 3 is 3.11 bits per heavy atom. The number of hydrogen-bond acceptors (Lipinski definition) is 4. The van der Waals surface area contributed by atoms with Crippen LogP contribution in [0.4, 0.5) is 0 Å². The zero-order valence-electron chi connectivity index (χ0n) is 11.2. The molecule has 0 aliphatic carbocycles. The van der Waals surface area contributed by atoms with Crippen molar-refractivity contribution in [3.63, 3.8) is 0 Å². The maximum atomic E-state index is 5.91. The average Bonchev–Trinajstić information content (AvgIpc) is 2.96. The van der Waals surface area contributed by atoms with E-state index < -0.39 is 0 Å². The molecular formula is C14H20N2O2S. The standard InChI is InChI=1S/C14H20N2O2S/c1-17-13-7-3-2-5-11(13)10-19-14(15)16-9-12-6-4-8-18-12/h2-3,5,7,12H,4,6,8-10H2,1H3,(H2,15,16)/t12-/m0/s1. The summed E-state index contributed by atoms with van der Waals surface area (Å²) in [5.74, 6) is 1.66. The van der Waals surface area contributed by atoms with Crippen LogP contribution in [0.1, 0.15) is 18.4 Å². The van der Waals surface area contributed by atoms with Crippen LogP contribution >= 0.6 is 11.8 Å². The van der Waals surface area contributed by atoms with Gasteiger partial charge < -0.3 is 15.2 Å². The number of aliphatic imine (C=N–C) groups is 1. The molecule has 104 valence electrons. The molecule has 0 aromatic heterocycles. The lowest BCUT2D eigenvalue weighted by molar-refractivity contribution is 0.118. The maximum Gasteiger partial charge on any atom is 0.154 e. The topological polar surface area (TPSA) is 56.8 Å². The number of rotatable bonds is 5. The third kappa shape index (κ3) is 4.44. The van der Waals surface area contributed by atoms with Gasteiger partial charge in [-0.3, -0.25) is 4.99 Å². The Kier molecular flexibility index (Phi) is 5.54. The van der Waals surface area contributed by atoms with E-state index in [0.717, 1.165) is 36.5 Å². The second kappa shape index (κ2) is 7.40. The number of nitrogens with zero attached hydrogens (tertiary/aromatic N) is 1. The van der Waals surface area contributed by atoms with Crippen molar-refractivity contribution in [2.24, 2.45) is 10.7 Å². The van der Waals surface area contributed by atoms with E-state index in [2.05, 4.69) is 4.99 Å². The zero-order valence-corrected chi connectivity index (χ0v) is 12.0. The van der Waals surface area contributed by atoms with Gasteiger partial charge in [0.2, 0.25) is 0 Å². The lowest BCUT2D eigenvalue weighted by atomic mass is 10.2. The number of nitrogens with two attached hydrogens (primary N) is 1. The summed E-state index contributed by atoms with van der Waals surface area (Å²) in [6, 6.07) is 7.95. The Hall–Kier alpha value is -1.20. The third-order valence-electron chi connectivity index (χ3n) is 3.04. The molecule has 1 fully saturated rings. The summed E-state index contributed by atoms with van der Waals surface area (Å²) in [5.41, 5.74) is 7.04. The highest BCUT2D eigenvalue weighted by Gasteiger charge is 2.14. The SMILES string of the molecule is COc1ccccc1CSC(N)=NC[C@@H]1CCCO1. The Morgan fingerprint density at radius 2 is 2.37 bits per heavy atom. The van der Waals surface area contributed by atoms with Gasteiger partial charge in [0.25, 0.3) is 0 Å². The molecule has 1 aliphatic rings. The first kappa shape index (κ1) is 14.2. The summed E-state index contributed by atoms with van der Waals surface area (Å²) in [4.78, 5) is 4.37. The number of amidine groups is 1. The molecule has 0 radical (unpaired) electrons. The molecule has 1 aliphatic heterocycles. The highest BCUT2D eigenvalue weighted by Crippen LogP contribution is 2.22. The van der Waals surface area contributed by atoms with E-state index in [0.29, 0.717) is 11.7 Å². The minimum Gasteiger partial charge on any atom is -0.496 e. The molecule has 4 nitrogen and oxygen atoms in total. The fraction of sp³-hybridized carbons (Fsp3) is 0.500. The molecule has 2 N–H and O–H groups in total. The molecular weight excluding hydrogens is 260 g/mol. The minimum atomic E-state index is 0.255. The van der Waals surface area contributed by atoms with Crippen molar-refractivity contribution in [1.82, 2.24) is 0 Å². The summed E-state index contributed by atoms with van der Waals surface area (Å²) in [7, 11) is 1.68. The largest absolute Gasteiger partial charge is 0.496 e. The average molecular weight is 280 g/mol. The van der Waals surface area contributed by atoms with Crippen LogP contribution in [0.3, 0.4) is 0 Å². The normalized spacial score (nSPS) is 19.6. The molecule has 0 spiro atoms. The van der Waals surface area contributed by atoms with E-state index in [1.165, 1.54) is 11.8 Å². The molecule has 1 atom stereocenters. The monoisotopic (exact) mass is 280 g/mol. The maximum absolute atomic E-state index is 5.91. The van der Waals surface area contributed by atoms with Crippen molar-refractivity contribution in [1.29, 1.82) is 0 Å². The van der Waals surface area contributed by atoms with Crippen molar-refractivity contribution in [2.45, 2.75) is 24.7 Å². The van der Waals surface area contributed by atoms with Gasteiger partial charge in [-0.2, -0.15) is 0 Å². The Bertz CT molecular complexity index is 431. The number of ether oxygens (including phenoxy) is 2. The van der Waals surface area contributed by atoms with Crippen molar-refractivity contribution in [3.8, 4) is 5.75 Å². The summed E-state index contributed by atoms with van der Waals surface area (Å²) in [6.45, 7) is 1.53. The van der Waals surface area contributed by atoms with Crippen LogP contribution in [0.2, 0.25) is 0 Å². The third-order valence-corrected chi connectivity index (χ3v) is 3.92. The van der Waals surface area contributed by atoms with Gasteiger partial charge in [-0.15, -0.1) is 0 Å². The molecule has 0 bridgehead atoms. The van der Waals surface area contributed by atoms with Gasteiger partial charge in [0.05, 0.1) is 19.8 Å². The Balaban J connectivity index is 1.81. The first-order chi connectivity index (χ1) is 9.29. The van der Waals surface area contributed by atoms with Gasteiger partial charge in [0, 0.05) is 17.9 Å². The summed E-state index contributed by atoms with van der Waals surface area (Å²) < 4.78 is 10.8. The van der Waals surface area contributed by atoms with Crippen LogP contribution in [0.15, 0.2) is 29.3 Å². The first-order valence-electron chi connectivity index (χ1n) is 6.46. The molecule has 0 unspecified atom stereocenters. The van der Waals surface area contributed by atoms with Crippen LogP contribution in [0, 0.1) is 0 Å². The molecule has 2 rings (SSSR count). The number of hydrogen-bond donors (Lipinski definition) is 1. The molecule has 1 aromatic carbocycles. The Morgan fingerprint density at radius 1 is 1.53 bits per heavy atom. The van der Waals surface area contributed by atoms with E-state index in [4.69, 9.17) is 15.2 Å². The van der Waals surface area contributed by atoms with E-state index in [1.807, 2.05) is 24.3 Å². The van der Waals surface area contributed by atoms with Gasteiger partial charge in [-0.05, 0) is 18.9 Å². The lowest BCUT2D eigenvalue weighted by Crippen LogP contribution is -2.14. The molecule has 1 heterocycles. The predicted octanol–water partition coefficient (Wildman–Crippen LogP) is 2.42. The number of thioether (sulfide) groups is 1. The van der Waals surface area contributed by atoms with Gasteiger partial charge in [-0.25, -0.2) is 0 Å². The minimum absolute atomic E-state index is 0.255. The van der Waals surface area contributed by atoms with Crippen LogP contribution in [-0.4, -0.2) is 31.5 Å². The second-order valence-corrected chi connectivity index (χ2v) is 5.41. The summed E-state index contributed by atoms with van der Waals surface area (Å²) >= 11 is 1.53. The van der Waals surface area contributed by atoms with E-state index in [-0.39, 0.29) is 6.10 Å². The molecule has 5 heteroatoms. The molecule has 0 saturated carbocycles. The van der Waals surface area contributed by atoms with Gasteiger partial charge >= 0.3 is 0 Å². The summed E-state index contributed by atoms with van der Waals surface area (Å²) in [5, 5.41) is 0.612. The van der Waals surface area contributed by atoms with Crippen molar-refractivity contribution in [2.75, 3.05) is 20.3 Å². The fourth-order valence-corrected chi connectivity index (χ4v) is 2.71. The van der Waals surface area contributed by atoms with Crippen molar-refractivity contribution < 1.29 is 9.47 Å². The molecule has 1 saturated heterocycles. The molecule has 1 aromatic rings. The predicted molar refractivity (Wildman–Crippen MR) is 79.8 cm³/mol. The number of benzene rings is 1. The zero-order chi connectivity index (χ0) is 13.5. The second-order valence-electron chi connectivity index (χ2n) is 4.41. The molecule has 0 amide bonds. The summed E-state index contributed by atoms with van der Waals surface area (Å²) in [6.07, 6.45) is 2.48. The highest BCUT2D eigenvalue weighted by atomic mass is 32.2. The fourth-order valence-electron chi connectivity index (χ4n) is 2.00. The Labute approximate surface area is 118 Å². The van der Waals surface area contributed by atoms with Crippen LogP contribution < -0.4 is 10.5 Å². The van der Waals surface area contributed by atoms with Crippen LogP contribution in [0.5, 0.6) is 5.75 Å². The van der Waals surface area contributed by atoms with Gasteiger partial charge in [0.15, 0.2) is 5.17 Å². The smallest absolute Gasteiger partial charge is 0.154 e. The quantitative estimate of drug-likeness (QED) is 0.665. The lowest BCUT2D eigenvalue weighted by Gasteiger charge is -2.08. The van der Waals surface area contributed by atoms with Crippen molar-refractivity contribution >= 4 is 16.9 Å². The first-order valence-corrected chi connectivity index (χ1v) is 7.44. The highest BCUT2D eigenvalue weighted by molar-refractivity contribution is 8.13. The van der Waals surface area contributed by atoms with Gasteiger partial charge in [-0.1, -0.05) is 30.0 Å². The van der Waals surface area contributed by atoms with Crippen molar-refractivity contribution in [3.05, 3.63) is 29.8 Å². The number of para-hydroxylation sites is 1. The van der Waals surface area contributed by atoms with E-state index in [1.54, 1.807) is 7.11 Å². The molecule has 19 heavy (non-hydrogen) atoms. The van der Waals surface area contributed by atoms with Gasteiger partial charge in [0.1, 0.15) is 5.75 Å². The number of methoxy groups -OCH3 is 1. The van der Waals surface area contributed by atoms with Crippen LogP contribution in [0.25, 0.3) is 0 Å². The van der Waals surface area contributed by atoms with E-state index in [9.17, 15) is 0 Å². The van der Waals surface area contributed by atoms with Crippen LogP contribution in [-0.2, 0) is 10.5 Å².